The van der Waals surface area contributed by atoms with Gasteiger partial charge in [-0.3, -0.25) is 4.90 Å². The van der Waals surface area contributed by atoms with Crippen molar-refractivity contribution in [2.24, 2.45) is 4.40 Å². The van der Waals surface area contributed by atoms with Gasteiger partial charge in [0.2, 0.25) is 0 Å². The molecule has 0 spiro atoms. The summed E-state index contributed by atoms with van der Waals surface area (Å²) in [5.74, 6) is 1.30. The van der Waals surface area contributed by atoms with Crippen LogP contribution in [0, 0.1) is 0 Å². The van der Waals surface area contributed by atoms with Crippen molar-refractivity contribution in [2.75, 3.05) is 26.2 Å². The first-order valence-electron chi connectivity index (χ1n) is 12.7. The number of benzene rings is 2. The molecule has 0 radical (unpaired) electrons. The summed E-state index contributed by atoms with van der Waals surface area (Å²) in [6.45, 7) is 8.90. The fraction of sp³-hybridized carbons (Fsp3) is 0.519. The van der Waals surface area contributed by atoms with Gasteiger partial charge in [0.15, 0.2) is 0 Å². The molecule has 6 nitrogen and oxygen atoms in total. The van der Waals surface area contributed by atoms with E-state index in [0.717, 1.165) is 31.8 Å². The SMILES string of the molecule is CCCCCN(CCCCC)Cc1cccc(OCCCNC2=NS(=O)(=O)c3ccccc32)c1. The molecule has 2 aromatic rings. The Morgan fingerprint density at radius 2 is 1.65 bits per heavy atom. The van der Waals surface area contributed by atoms with Gasteiger partial charge in [-0.25, -0.2) is 0 Å². The minimum Gasteiger partial charge on any atom is -0.494 e. The lowest BCUT2D eigenvalue weighted by Gasteiger charge is -2.22. The molecule has 0 amide bonds. The van der Waals surface area contributed by atoms with Gasteiger partial charge in [-0.05, 0) is 62.2 Å². The second kappa shape index (κ2) is 13.5. The topological polar surface area (TPSA) is 71.0 Å². The molecule has 0 saturated heterocycles. The van der Waals surface area contributed by atoms with Crippen LogP contribution in [0.4, 0.5) is 0 Å². The van der Waals surface area contributed by atoms with Crippen molar-refractivity contribution in [3.05, 3.63) is 59.7 Å². The molecule has 0 bridgehead atoms. The number of sulfonamides is 1. The van der Waals surface area contributed by atoms with Gasteiger partial charge in [-0.15, -0.1) is 4.40 Å². The molecule has 0 aromatic heterocycles. The standard InChI is InChI=1S/C27H39N3O3S/c1-3-5-9-18-30(19-10-6-4-2)22-23-13-11-14-24(21-23)33-20-12-17-28-27-25-15-7-8-16-26(25)34(31,32)29-27/h7-8,11,13-16,21H,3-6,9-10,12,17-20,22H2,1-2H3,(H,28,29). The Labute approximate surface area is 205 Å². The number of fused-ring (bicyclic) bond motifs is 1. The van der Waals surface area contributed by atoms with Gasteiger partial charge in [0.1, 0.15) is 16.5 Å². The summed E-state index contributed by atoms with van der Waals surface area (Å²) >= 11 is 0. The Balaban J connectivity index is 1.45. The molecule has 186 valence electrons. The zero-order chi connectivity index (χ0) is 24.2. The third kappa shape index (κ3) is 7.84. The van der Waals surface area contributed by atoms with E-state index in [1.807, 2.05) is 12.1 Å². The van der Waals surface area contributed by atoms with Gasteiger partial charge in [0.05, 0.1) is 6.61 Å². The Hall–Kier alpha value is -2.38. The lowest BCUT2D eigenvalue weighted by molar-refractivity contribution is 0.253. The van der Waals surface area contributed by atoms with Gasteiger partial charge in [0, 0.05) is 18.7 Å². The van der Waals surface area contributed by atoms with Crippen LogP contribution in [0.15, 0.2) is 57.8 Å². The van der Waals surface area contributed by atoms with Crippen molar-refractivity contribution in [3.63, 3.8) is 0 Å². The molecule has 1 heterocycles. The first-order chi connectivity index (χ1) is 16.5. The van der Waals surface area contributed by atoms with Crippen LogP contribution in [0.5, 0.6) is 5.75 Å². The van der Waals surface area contributed by atoms with Crippen molar-refractivity contribution in [1.29, 1.82) is 0 Å². The monoisotopic (exact) mass is 485 g/mol. The zero-order valence-corrected chi connectivity index (χ0v) is 21.4. The lowest BCUT2D eigenvalue weighted by atomic mass is 10.1. The Bertz CT molecular complexity index is 1030. The van der Waals surface area contributed by atoms with Crippen LogP contribution in [0.3, 0.4) is 0 Å². The number of nitrogens with one attached hydrogen (secondary N) is 1. The van der Waals surface area contributed by atoms with E-state index in [0.29, 0.717) is 24.6 Å². The first-order valence-corrected chi connectivity index (χ1v) is 14.1. The highest BCUT2D eigenvalue weighted by atomic mass is 32.2. The summed E-state index contributed by atoms with van der Waals surface area (Å²) < 4.78 is 34.1. The molecule has 0 fully saturated rings. The van der Waals surface area contributed by atoms with E-state index in [1.54, 1.807) is 18.2 Å². The minimum atomic E-state index is -3.58. The van der Waals surface area contributed by atoms with E-state index in [1.165, 1.54) is 44.1 Å². The van der Waals surface area contributed by atoms with Crippen LogP contribution in [0.1, 0.15) is 69.9 Å². The Morgan fingerprint density at radius 1 is 0.912 bits per heavy atom. The summed E-state index contributed by atoms with van der Waals surface area (Å²) in [5, 5.41) is 3.15. The lowest BCUT2D eigenvalue weighted by Crippen LogP contribution is -2.26. The van der Waals surface area contributed by atoms with Gasteiger partial charge in [0.25, 0.3) is 10.0 Å². The number of amidine groups is 1. The second-order valence-corrected chi connectivity index (χ2v) is 10.5. The first kappa shape index (κ1) is 26.2. The van der Waals surface area contributed by atoms with Crippen molar-refractivity contribution in [3.8, 4) is 5.75 Å². The van der Waals surface area contributed by atoms with E-state index in [9.17, 15) is 8.42 Å². The summed E-state index contributed by atoms with van der Waals surface area (Å²) in [5.41, 5.74) is 1.92. The molecule has 0 aliphatic carbocycles. The van der Waals surface area contributed by atoms with Crippen LogP contribution in [0.2, 0.25) is 0 Å². The molecular formula is C27H39N3O3S. The average Bonchev–Trinajstić information content (AvgIpc) is 3.09. The van der Waals surface area contributed by atoms with Crippen LogP contribution in [-0.2, 0) is 16.6 Å². The molecule has 2 aromatic carbocycles. The fourth-order valence-corrected chi connectivity index (χ4v) is 5.33. The molecule has 0 saturated carbocycles. The fourth-order valence-electron chi connectivity index (χ4n) is 4.13. The van der Waals surface area contributed by atoms with Gasteiger partial charge in [-0.1, -0.05) is 63.8 Å². The molecule has 0 atom stereocenters. The van der Waals surface area contributed by atoms with E-state index < -0.39 is 10.0 Å². The largest absolute Gasteiger partial charge is 0.494 e. The molecule has 1 aliphatic rings. The summed E-state index contributed by atoms with van der Waals surface area (Å²) in [7, 11) is -3.58. The van der Waals surface area contributed by atoms with E-state index in [4.69, 9.17) is 4.74 Å². The molecule has 3 rings (SSSR count). The molecular weight excluding hydrogens is 446 g/mol. The quantitative estimate of drug-likeness (QED) is 0.343. The van der Waals surface area contributed by atoms with Crippen molar-refractivity contribution in [1.82, 2.24) is 10.2 Å². The van der Waals surface area contributed by atoms with Crippen LogP contribution < -0.4 is 10.1 Å². The van der Waals surface area contributed by atoms with E-state index in [-0.39, 0.29) is 4.90 Å². The van der Waals surface area contributed by atoms with Gasteiger partial charge < -0.3 is 10.1 Å². The minimum absolute atomic E-state index is 0.268. The van der Waals surface area contributed by atoms with Crippen LogP contribution in [-0.4, -0.2) is 45.4 Å². The maximum atomic E-state index is 12.1. The van der Waals surface area contributed by atoms with Crippen molar-refractivity contribution >= 4 is 15.9 Å². The van der Waals surface area contributed by atoms with Crippen molar-refractivity contribution in [2.45, 2.75) is 70.2 Å². The summed E-state index contributed by atoms with van der Waals surface area (Å²) in [6.07, 6.45) is 8.31. The highest BCUT2D eigenvalue weighted by Crippen LogP contribution is 2.24. The number of ether oxygens (including phenoxy) is 1. The maximum absolute atomic E-state index is 12.1. The number of hydrogen-bond donors (Lipinski definition) is 1. The molecule has 34 heavy (non-hydrogen) atoms. The van der Waals surface area contributed by atoms with Crippen LogP contribution in [0.25, 0.3) is 0 Å². The van der Waals surface area contributed by atoms with E-state index >= 15 is 0 Å². The highest BCUT2D eigenvalue weighted by molar-refractivity contribution is 7.90. The van der Waals surface area contributed by atoms with Crippen molar-refractivity contribution < 1.29 is 13.2 Å². The second-order valence-electron chi connectivity index (χ2n) is 8.88. The Kier molecular flexibility index (Phi) is 10.4. The number of hydrogen-bond acceptors (Lipinski definition) is 5. The average molecular weight is 486 g/mol. The Morgan fingerprint density at radius 3 is 2.38 bits per heavy atom. The van der Waals surface area contributed by atoms with E-state index in [2.05, 4.69) is 46.7 Å². The predicted molar refractivity (Wildman–Crippen MR) is 139 cm³/mol. The van der Waals surface area contributed by atoms with Gasteiger partial charge in [-0.2, -0.15) is 8.42 Å². The molecule has 7 heteroatoms. The molecule has 1 N–H and O–H groups in total. The highest BCUT2D eigenvalue weighted by Gasteiger charge is 2.27. The van der Waals surface area contributed by atoms with Crippen LogP contribution >= 0.6 is 0 Å². The zero-order valence-electron chi connectivity index (χ0n) is 20.6. The number of nitrogens with zero attached hydrogens (tertiary/aromatic N) is 2. The smallest absolute Gasteiger partial charge is 0.285 e. The number of unbranched alkanes of at least 4 members (excludes halogenated alkanes) is 4. The summed E-state index contributed by atoms with van der Waals surface area (Å²) in [6, 6.07) is 15.3. The normalized spacial score (nSPS) is 14.1. The third-order valence-electron chi connectivity index (χ3n) is 5.97. The number of rotatable bonds is 15. The summed E-state index contributed by atoms with van der Waals surface area (Å²) in [4.78, 5) is 2.84. The predicted octanol–water partition coefficient (Wildman–Crippen LogP) is 5.38. The molecule has 0 unspecified atom stereocenters. The van der Waals surface area contributed by atoms with Gasteiger partial charge >= 0.3 is 0 Å². The molecule has 1 aliphatic heterocycles. The third-order valence-corrected chi connectivity index (χ3v) is 7.31. The maximum Gasteiger partial charge on any atom is 0.285 e.